The Labute approximate surface area is 164 Å². The van der Waals surface area contributed by atoms with Crippen LogP contribution in [0.5, 0.6) is 0 Å². The van der Waals surface area contributed by atoms with Gasteiger partial charge in [0, 0.05) is 60.8 Å². The van der Waals surface area contributed by atoms with Crippen LogP contribution in [-0.4, -0.2) is 50.1 Å². The van der Waals surface area contributed by atoms with Gasteiger partial charge >= 0.3 is 0 Å². The molecule has 9 heteroatoms. The smallest absolute Gasteiger partial charge is 0.254 e. The minimum atomic E-state index is -2.42. The first kappa shape index (κ1) is 20.4. The summed E-state index contributed by atoms with van der Waals surface area (Å²) in [5.74, 6) is -1.34. The van der Waals surface area contributed by atoms with Crippen LogP contribution < -0.4 is 4.72 Å². The topological polar surface area (TPSA) is 75.7 Å². The van der Waals surface area contributed by atoms with Gasteiger partial charge in [-0.3, -0.25) is 13.9 Å². The number of halogens is 2. The van der Waals surface area contributed by atoms with E-state index in [0.717, 1.165) is 6.07 Å². The minimum absolute atomic E-state index is 0.0772. The molecule has 1 amide bonds. The van der Waals surface area contributed by atoms with Gasteiger partial charge in [0.15, 0.2) is 0 Å². The Morgan fingerprint density at radius 2 is 1.82 bits per heavy atom. The summed E-state index contributed by atoms with van der Waals surface area (Å²) < 4.78 is 50.2. The molecule has 0 saturated carbocycles. The van der Waals surface area contributed by atoms with E-state index in [1.807, 2.05) is 6.92 Å². The number of rotatable bonds is 5. The second-order valence-corrected chi connectivity index (χ2v) is 7.45. The Morgan fingerprint density at radius 3 is 2.39 bits per heavy atom. The number of nitrogens with one attached hydrogen (secondary N) is 1. The van der Waals surface area contributed by atoms with E-state index in [1.54, 1.807) is 17.0 Å². The van der Waals surface area contributed by atoms with Crippen molar-refractivity contribution in [2.45, 2.75) is 19.5 Å². The van der Waals surface area contributed by atoms with Crippen LogP contribution >= 0.6 is 0 Å². The lowest BCUT2D eigenvalue weighted by Gasteiger charge is -2.40. The van der Waals surface area contributed by atoms with Gasteiger partial charge in [-0.1, -0.05) is 0 Å². The predicted molar refractivity (Wildman–Crippen MR) is 101 cm³/mol. The van der Waals surface area contributed by atoms with Crippen molar-refractivity contribution >= 4 is 22.9 Å². The highest BCUT2D eigenvalue weighted by atomic mass is 32.2. The van der Waals surface area contributed by atoms with Gasteiger partial charge < -0.3 is 14.2 Å². The maximum atomic E-state index is 13.4. The molecule has 6 nitrogen and oxygen atoms in total. The van der Waals surface area contributed by atoms with Gasteiger partial charge in [-0.25, -0.2) is 8.78 Å². The largest absolute Gasteiger partial charge is 0.755 e. The third-order valence-corrected chi connectivity index (χ3v) is 5.04. The molecule has 3 rings (SSSR count). The summed E-state index contributed by atoms with van der Waals surface area (Å²) in [4.78, 5) is 16.6. The van der Waals surface area contributed by atoms with Crippen molar-refractivity contribution in [1.82, 2.24) is 9.80 Å². The SMILES string of the molecule is C[C@H]1CN(Cc2cc(F)cc(F)c2)CCN1C(=O)c1ccc(NS(=O)[O-])cc1. The Bertz CT molecular complexity index is 859. The number of benzene rings is 2. The first-order chi connectivity index (χ1) is 13.3. The van der Waals surface area contributed by atoms with Gasteiger partial charge in [0.25, 0.3) is 5.91 Å². The van der Waals surface area contributed by atoms with Crippen LogP contribution in [0.2, 0.25) is 0 Å². The number of carbonyl (C=O) groups is 1. The molecule has 1 aliphatic heterocycles. The molecule has 0 aromatic heterocycles. The fraction of sp³-hybridized carbons (Fsp3) is 0.316. The third kappa shape index (κ3) is 5.12. The molecule has 1 heterocycles. The fourth-order valence-corrected chi connectivity index (χ4v) is 3.71. The molecule has 1 N–H and O–H groups in total. The normalized spacial score (nSPS) is 18.7. The Balaban J connectivity index is 1.61. The molecular weight excluding hydrogens is 388 g/mol. The number of hydrogen-bond acceptors (Lipinski definition) is 4. The molecule has 0 aliphatic carbocycles. The number of piperazine rings is 1. The molecule has 150 valence electrons. The van der Waals surface area contributed by atoms with Gasteiger partial charge in [0.05, 0.1) is 0 Å². The zero-order chi connectivity index (χ0) is 20.3. The van der Waals surface area contributed by atoms with E-state index in [4.69, 9.17) is 0 Å². The van der Waals surface area contributed by atoms with E-state index in [2.05, 4.69) is 9.62 Å². The molecular formula is C19H20F2N3O3S-. The maximum absolute atomic E-state index is 13.4. The van der Waals surface area contributed by atoms with Crippen LogP contribution in [0.15, 0.2) is 42.5 Å². The zero-order valence-electron chi connectivity index (χ0n) is 15.2. The van der Waals surface area contributed by atoms with Crippen molar-refractivity contribution < 1.29 is 22.3 Å². The number of hydrogen-bond donors (Lipinski definition) is 1. The average Bonchev–Trinajstić information content (AvgIpc) is 2.60. The molecule has 1 fully saturated rings. The lowest BCUT2D eigenvalue weighted by molar-refractivity contribution is 0.0475. The van der Waals surface area contributed by atoms with Gasteiger partial charge in [0.2, 0.25) is 0 Å². The van der Waals surface area contributed by atoms with Gasteiger partial charge in [-0.15, -0.1) is 0 Å². The monoisotopic (exact) mass is 408 g/mol. The van der Waals surface area contributed by atoms with Gasteiger partial charge in [-0.2, -0.15) is 0 Å². The van der Waals surface area contributed by atoms with Crippen molar-refractivity contribution in [2.24, 2.45) is 0 Å². The Kier molecular flexibility index (Phi) is 6.38. The zero-order valence-corrected chi connectivity index (χ0v) is 16.0. The summed E-state index contributed by atoms with van der Waals surface area (Å²) in [6, 6.07) is 9.61. The first-order valence-electron chi connectivity index (χ1n) is 8.76. The number of anilines is 1. The van der Waals surface area contributed by atoms with E-state index in [9.17, 15) is 22.3 Å². The molecule has 2 aromatic rings. The van der Waals surface area contributed by atoms with E-state index in [-0.39, 0.29) is 11.9 Å². The summed E-state index contributed by atoms with van der Waals surface area (Å²) in [5.41, 5.74) is 1.41. The molecule has 1 aliphatic rings. The molecule has 28 heavy (non-hydrogen) atoms. The van der Waals surface area contributed by atoms with Crippen LogP contribution in [0.1, 0.15) is 22.8 Å². The Morgan fingerprint density at radius 1 is 1.18 bits per heavy atom. The Hall–Kier alpha value is -2.36. The number of amides is 1. The predicted octanol–water partition coefficient (Wildman–Crippen LogP) is 2.52. The highest BCUT2D eigenvalue weighted by molar-refractivity contribution is 7.80. The molecule has 1 unspecified atom stereocenters. The second-order valence-electron chi connectivity index (χ2n) is 6.77. The summed E-state index contributed by atoms with van der Waals surface area (Å²) >= 11 is -2.42. The summed E-state index contributed by atoms with van der Waals surface area (Å²) in [7, 11) is 0. The van der Waals surface area contributed by atoms with Gasteiger partial charge in [0.1, 0.15) is 11.6 Å². The van der Waals surface area contributed by atoms with Crippen molar-refractivity contribution in [2.75, 3.05) is 24.4 Å². The lowest BCUT2D eigenvalue weighted by Crippen LogP contribution is -2.53. The van der Waals surface area contributed by atoms with Gasteiger partial charge in [-0.05, 0) is 48.9 Å². The fourth-order valence-electron chi connectivity index (χ4n) is 3.38. The molecule has 0 spiro atoms. The molecule has 0 bridgehead atoms. The van der Waals surface area contributed by atoms with E-state index < -0.39 is 22.9 Å². The van der Waals surface area contributed by atoms with Crippen molar-refractivity contribution in [3.05, 3.63) is 65.2 Å². The summed E-state index contributed by atoms with van der Waals surface area (Å²) in [6.07, 6.45) is 0. The van der Waals surface area contributed by atoms with Crippen LogP contribution in [0.4, 0.5) is 14.5 Å². The number of carbonyl (C=O) groups excluding carboxylic acids is 1. The van der Waals surface area contributed by atoms with E-state index in [1.165, 1.54) is 24.3 Å². The van der Waals surface area contributed by atoms with Crippen molar-refractivity contribution in [3.8, 4) is 0 Å². The highest BCUT2D eigenvalue weighted by Crippen LogP contribution is 2.18. The summed E-state index contributed by atoms with van der Waals surface area (Å²) in [5, 5.41) is 0. The molecule has 2 atom stereocenters. The van der Waals surface area contributed by atoms with Crippen LogP contribution in [-0.2, 0) is 17.8 Å². The average molecular weight is 408 g/mol. The third-order valence-electron chi connectivity index (χ3n) is 4.63. The van der Waals surface area contributed by atoms with Crippen molar-refractivity contribution in [1.29, 1.82) is 0 Å². The quantitative estimate of drug-likeness (QED) is 0.772. The van der Waals surface area contributed by atoms with Crippen LogP contribution in [0.25, 0.3) is 0 Å². The minimum Gasteiger partial charge on any atom is -0.755 e. The van der Waals surface area contributed by atoms with Crippen LogP contribution in [0, 0.1) is 11.6 Å². The van der Waals surface area contributed by atoms with Crippen molar-refractivity contribution in [3.63, 3.8) is 0 Å². The number of nitrogens with zero attached hydrogens (tertiary/aromatic N) is 2. The van der Waals surface area contributed by atoms with Crippen LogP contribution in [0.3, 0.4) is 0 Å². The second kappa shape index (κ2) is 8.76. The molecule has 0 radical (unpaired) electrons. The molecule has 1 saturated heterocycles. The summed E-state index contributed by atoms with van der Waals surface area (Å²) in [6.45, 7) is 3.99. The highest BCUT2D eigenvalue weighted by Gasteiger charge is 2.28. The maximum Gasteiger partial charge on any atom is 0.254 e. The first-order valence-corrected chi connectivity index (χ1v) is 9.83. The van der Waals surface area contributed by atoms with E-state index >= 15 is 0 Å². The molecule has 2 aromatic carbocycles. The van der Waals surface area contributed by atoms with E-state index in [0.29, 0.717) is 43.0 Å². The lowest BCUT2D eigenvalue weighted by atomic mass is 10.1. The standard InChI is InChI=1S/C19H21F2N3O3S/c1-13-11-23(12-14-8-16(20)10-17(21)9-14)6-7-24(13)19(25)15-2-4-18(5-3-15)22-28(26)27/h2-5,8-10,13,22H,6-7,11-12H2,1H3,(H,26,27)/p-1/t13-/m0/s1.